The van der Waals surface area contributed by atoms with Gasteiger partial charge in [0, 0.05) is 42.4 Å². The van der Waals surface area contributed by atoms with Gasteiger partial charge in [0.15, 0.2) is 0 Å². The molecule has 2 saturated carbocycles. The van der Waals surface area contributed by atoms with Gasteiger partial charge in [0.2, 0.25) is 5.43 Å². The van der Waals surface area contributed by atoms with Crippen LogP contribution < -0.4 is 16.1 Å². The Bertz CT molecular complexity index is 1160. The molecule has 1 saturated heterocycles. The SMILES string of the molecule is Cc1c(N2CC3CCC(C(N)CC#N)C3C2)ccc2c(=O)c(C(=O)O)cn(C3CC3)c12. The van der Waals surface area contributed by atoms with E-state index in [0.717, 1.165) is 55.5 Å². The fraction of sp³-hybridized carbons (Fsp3) is 0.542. The molecule has 1 aromatic heterocycles. The van der Waals surface area contributed by atoms with Crippen molar-refractivity contribution in [1.82, 2.24) is 4.57 Å². The predicted octanol–water partition coefficient (Wildman–Crippen LogP) is 3.05. The summed E-state index contributed by atoms with van der Waals surface area (Å²) in [5.41, 5.74) is 8.78. The summed E-state index contributed by atoms with van der Waals surface area (Å²) in [6.45, 7) is 3.93. The predicted molar refractivity (Wildman–Crippen MR) is 118 cm³/mol. The molecule has 0 bridgehead atoms. The lowest BCUT2D eigenvalue weighted by Gasteiger charge is -2.27. The molecule has 0 spiro atoms. The van der Waals surface area contributed by atoms with Crippen molar-refractivity contribution in [3.63, 3.8) is 0 Å². The van der Waals surface area contributed by atoms with Crippen molar-refractivity contribution in [2.75, 3.05) is 18.0 Å². The fourth-order valence-corrected chi connectivity index (χ4v) is 6.04. The van der Waals surface area contributed by atoms with Crippen LogP contribution in [0.2, 0.25) is 0 Å². The molecule has 0 radical (unpaired) electrons. The van der Waals surface area contributed by atoms with Crippen LogP contribution in [0.4, 0.5) is 5.69 Å². The van der Waals surface area contributed by atoms with E-state index in [9.17, 15) is 14.7 Å². The lowest BCUT2D eigenvalue weighted by molar-refractivity contribution is 0.0695. The van der Waals surface area contributed by atoms with Gasteiger partial charge in [0.1, 0.15) is 5.56 Å². The zero-order chi connectivity index (χ0) is 21.9. The molecule has 2 aliphatic carbocycles. The zero-order valence-electron chi connectivity index (χ0n) is 17.8. The fourth-order valence-electron chi connectivity index (χ4n) is 6.04. The highest BCUT2D eigenvalue weighted by atomic mass is 16.4. The third-order valence-electron chi connectivity index (χ3n) is 7.72. The van der Waals surface area contributed by atoms with Crippen LogP contribution in [-0.2, 0) is 0 Å². The first-order valence-corrected chi connectivity index (χ1v) is 11.2. The molecule has 3 N–H and O–H groups in total. The summed E-state index contributed by atoms with van der Waals surface area (Å²) >= 11 is 0. The first-order chi connectivity index (χ1) is 14.9. The Morgan fingerprint density at radius 3 is 2.74 bits per heavy atom. The van der Waals surface area contributed by atoms with Crippen LogP contribution in [0.25, 0.3) is 10.9 Å². The number of anilines is 1. The Morgan fingerprint density at radius 2 is 2.06 bits per heavy atom. The van der Waals surface area contributed by atoms with Gasteiger partial charge in [-0.15, -0.1) is 0 Å². The van der Waals surface area contributed by atoms with Gasteiger partial charge in [0.05, 0.1) is 18.0 Å². The van der Waals surface area contributed by atoms with Crippen molar-refractivity contribution in [3.8, 4) is 6.07 Å². The van der Waals surface area contributed by atoms with Crippen molar-refractivity contribution in [1.29, 1.82) is 5.26 Å². The average Bonchev–Trinajstić information content (AvgIpc) is 3.37. The number of hydrogen-bond donors (Lipinski definition) is 2. The van der Waals surface area contributed by atoms with Gasteiger partial charge in [-0.05, 0) is 68.1 Å². The quantitative estimate of drug-likeness (QED) is 0.769. The smallest absolute Gasteiger partial charge is 0.341 e. The lowest BCUT2D eigenvalue weighted by Crippen LogP contribution is -2.34. The summed E-state index contributed by atoms with van der Waals surface area (Å²) in [5, 5.41) is 19.0. The Morgan fingerprint density at radius 1 is 1.29 bits per heavy atom. The summed E-state index contributed by atoms with van der Waals surface area (Å²) in [5.74, 6) is 0.302. The molecule has 5 rings (SSSR count). The molecule has 162 valence electrons. The highest BCUT2D eigenvalue weighted by molar-refractivity contribution is 5.95. The van der Waals surface area contributed by atoms with E-state index in [1.54, 1.807) is 6.07 Å². The number of fused-ring (bicyclic) bond motifs is 2. The first-order valence-electron chi connectivity index (χ1n) is 11.2. The van der Waals surface area contributed by atoms with Gasteiger partial charge >= 0.3 is 5.97 Å². The minimum absolute atomic E-state index is 0.0628. The lowest BCUT2D eigenvalue weighted by atomic mass is 9.86. The molecule has 4 unspecified atom stereocenters. The molecule has 7 nitrogen and oxygen atoms in total. The number of carbonyl (C=O) groups is 1. The van der Waals surface area contributed by atoms with Crippen LogP contribution in [0.5, 0.6) is 0 Å². The Balaban J connectivity index is 1.54. The van der Waals surface area contributed by atoms with E-state index in [2.05, 4.69) is 11.0 Å². The van der Waals surface area contributed by atoms with Crippen LogP contribution in [-0.4, -0.2) is 34.8 Å². The Labute approximate surface area is 181 Å². The van der Waals surface area contributed by atoms with Crippen LogP contribution in [0.1, 0.15) is 54.1 Å². The number of benzene rings is 1. The van der Waals surface area contributed by atoms with E-state index in [1.807, 2.05) is 17.6 Å². The number of nitriles is 1. The maximum absolute atomic E-state index is 12.8. The number of aromatic carboxylic acids is 1. The molecule has 1 aromatic carbocycles. The van der Waals surface area contributed by atoms with Crippen LogP contribution >= 0.6 is 0 Å². The average molecular weight is 421 g/mol. The normalized spacial score (nSPS) is 26.1. The summed E-state index contributed by atoms with van der Waals surface area (Å²) in [7, 11) is 0. The van der Waals surface area contributed by atoms with Crippen LogP contribution in [0, 0.1) is 36.0 Å². The third kappa shape index (κ3) is 3.21. The molecule has 2 heterocycles. The molecule has 4 atom stereocenters. The maximum Gasteiger partial charge on any atom is 0.341 e. The Kier molecular flexibility index (Phi) is 4.78. The second-order valence-electron chi connectivity index (χ2n) is 9.52. The minimum atomic E-state index is -1.17. The molecular formula is C24H28N4O3. The van der Waals surface area contributed by atoms with Gasteiger partial charge in [-0.25, -0.2) is 4.79 Å². The molecule has 7 heteroatoms. The van der Waals surface area contributed by atoms with Crippen LogP contribution in [0.3, 0.4) is 0 Å². The van der Waals surface area contributed by atoms with Gasteiger partial charge < -0.3 is 20.3 Å². The van der Waals surface area contributed by atoms with Crippen molar-refractivity contribution < 1.29 is 9.90 Å². The standard InChI is InChI=1S/C24H28N4O3/c1-13-21(27-10-14-2-5-16(18(14)11-27)20(26)8-9-25)7-6-17-22(13)28(15-3-4-15)12-19(23(17)29)24(30)31/h6-7,12,14-16,18,20H,2-5,8,10-11,26H2,1H3,(H,30,31). The van der Waals surface area contributed by atoms with Gasteiger partial charge in [0.25, 0.3) is 0 Å². The highest BCUT2D eigenvalue weighted by Gasteiger charge is 2.45. The van der Waals surface area contributed by atoms with Gasteiger partial charge in [-0.2, -0.15) is 5.26 Å². The molecule has 1 aliphatic heterocycles. The van der Waals surface area contributed by atoms with E-state index >= 15 is 0 Å². The molecule has 0 amide bonds. The molecule has 2 aromatic rings. The Hall–Kier alpha value is -2.85. The summed E-state index contributed by atoms with van der Waals surface area (Å²) in [6, 6.07) is 6.21. The number of aryl methyl sites for hydroxylation is 1. The van der Waals surface area contributed by atoms with Crippen molar-refractivity contribution >= 4 is 22.6 Å². The van der Waals surface area contributed by atoms with Crippen molar-refractivity contribution in [2.24, 2.45) is 23.5 Å². The topological polar surface area (TPSA) is 112 Å². The number of carboxylic acids is 1. The molecule has 31 heavy (non-hydrogen) atoms. The second-order valence-corrected chi connectivity index (χ2v) is 9.52. The third-order valence-corrected chi connectivity index (χ3v) is 7.72. The summed E-state index contributed by atoms with van der Waals surface area (Å²) in [6.07, 6.45) is 6.20. The number of nitrogens with two attached hydrogens (primary N) is 1. The van der Waals surface area contributed by atoms with Crippen LogP contribution in [0.15, 0.2) is 23.1 Å². The van der Waals surface area contributed by atoms with Crippen molar-refractivity contribution in [2.45, 2.75) is 51.1 Å². The summed E-state index contributed by atoms with van der Waals surface area (Å²) < 4.78 is 2.02. The number of carboxylic acid groups (broad SMARTS) is 1. The summed E-state index contributed by atoms with van der Waals surface area (Å²) in [4.78, 5) is 26.9. The van der Waals surface area contributed by atoms with E-state index in [1.165, 1.54) is 6.20 Å². The van der Waals surface area contributed by atoms with E-state index in [-0.39, 0.29) is 17.6 Å². The number of aromatic nitrogens is 1. The molecule has 3 aliphatic rings. The zero-order valence-corrected chi connectivity index (χ0v) is 17.8. The molecule has 3 fully saturated rings. The van der Waals surface area contributed by atoms with Crippen molar-refractivity contribution in [3.05, 3.63) is 39.7 Å². The van der Waals surface area contributed by atoms with E-state index in [0.29, 0.717) is 29.6 Å². The molecular weight excluding hydrogens is 392 g/mol. The van der Waals surface area contributed by atoms with Gasteiger partial charge in [-0.3, -0.25) is 4.79 Å². The number of pyridine rings is 1. The number of rotatable bonds is 5. The van der Waals surface area contributed by atoms with Gasteiger partial charge in [-0.1, -0.05) is 0 Å². The largest absolute Gasteiger partial charge is 0.477 e. The first kappa shape index (κ1) is 20.1. The number of nitrogens with zero attached hydrogens (tertiary/aromatic N) is 3. The van der Waals surface area contributed by atoms with E-state index < -0.39 is 11.4 Å². The maximum atomic E-state index is 12.8. The monoisotopic (exact) mass is 420 g/mol. The second kappa shape index (κ2) is 7.38. The minimum Gasteiger partial charge on any atom is -0.477 e. The van der Waals surface area contributed by atoms with E-state index in [4.69, 9.17) is 11.0 Å². The number of hydrogen-bond acceptors (Lipinski definition) is 5. The highest BCUT2D eigenvalue weighted by Crippen LogP contribution is 2.46.